The first-order valence-electron chi connectivity index (χ1n) is 5.10. The molecule has 0 spiro atoms. The van der Waals surface area contributed by atoms with Crippen LogP contribution in [0.5, 0.6) is 5.75 Å². The third-order valence-corrected chi connectivity index (χ3v) is 2.29. The van der Waals surface area contributed by atoms with Crippen LogP contribution in [0.15, 0.2) is 18.2 Å². The van der Waals surface area contributed by atoms with Gasteiger partial charge in [-0.2, -0.15) is 13.2 Å². The number of amidine groups is 1. The van der Waals surface area contributed by atoms with Gasteiger partial charge in [-0.15, -0.1) is 0 Å². The highest BCUT2D eigenvalue weighted by Crippen LogP contribution is 2.31. The standard InChI is InChI=1S/C10H9F4N3O3/c11-5-1-2-7(17(18)19)8(3-5)20-4-6(9(15)16)10(12,13)14/h1-3,6H,4H2,(H3,15,16). The molecule has 0 amide bonds. The normalized spacial score (nSPS) is 12.8. The van der Waals surface area contributed by atoms with E-state index in [2.05, 4.69) is 4.74 Å². The summed E-state index contributed by atoms with van der Waals surface area (Å²) in [7, 11) is 0. The fourth-order valence-electron chi connectivity index (χ4n) is 1.29. The van der Waals surface area contributed by atoms with E-state index in [0.29, 0.717) is 6.07 Å². The molecule has 1 unspecified atom stereocenters. The molecule has 0 radical (unpaired) electrons. The van der Waals surface area contributed by atoms with Gasteiger partial charge in [0.15, 0.2) is 5.75 Å². The summed E-state index contributed by atoms with van der Waals surface area (Å²) in [4.78, 5) is 9.70. The van der Waals surface area contributed by atoms with E-state index in [-0.39, 0.29) is 0 Å². The number of nitro benzene ring substituents is 1. The van der Waals surface area contributed by atoms with Crippen molar-refractivity contribution in [3.63, 3.8) is 0 Å². The van der Waals surface area contributed by atoms with Crippen LogP contribution < -0.4 is 10.5 Å². The Balaban J connectivity index is 2.96. The Kier molecular flexibility index (Phi) is 4.48. The molecule has 0 fully saturated rings. The molecule has 0 saturated carbocycles. The van der Waals surface area contributed by atoms with Crippen LogP contribution in [0.1, 0.15) is 0 Å². The van der Waals surface area contributed by atoms with Gasteiger partial charge >= 0.3 is 11.9 Å². The number of nitrogens with two attached hydrogens (primary N) is 1. The summed E-state index contributed by atoms with van der Waals surface area (Å²) in [6.45, 7) is -1.15. The zero-order valence-electron chi connectivity index (χ0n) is 9.78. The average molecular weight is 295 g/mol. The highest BCUT2D eigenvalue weighted by molar-refractivity contribution is 5.80. The summed E-state index contributed by atoms with van der Waals surface area (Å²) in [5, 5.41) is 17.4. The van der Waals surface area contributed by atoms with Crippen molar-refractivity contribution in [1.82, 2.24) is 0 Å². The van der Waals surface area contributed by atoms with Crippen molar-refractivity contribution in [3.05, 3.63) is 34.1 Å². The lowest BCUT2D eigenvalue weighted by molar-refractivity contribution is -0.386. The first kappa shape index (κ1) is 15.7. The number of nitro groups is 1. The van der Waals surface area contributed by atoms with Crippen LogP contribution in [0.4, 0.5) is 23.2 Å². The third-order valence-electron chi connectivity index (χ3n) is 2.29. The smallest absolute Gasteiger partial charge is 0.401 e. The van der Waals surface area contributed by atoms with Crippen molar-refractivity contribution in [2.24, 2.45) is 11.7 Å². The number of benzene rings is 1. The maximum absolute atomic E-state index is 12.9. The summed E-state index contributed by atoms with van der Waals surface area (Å²) < 4.78 is 55.1. The van der Waals surface area contributed by atoms with E-state index < -0.39 is 46.7 Å². The van der Waals surface area contributed by atoms with Gasteiger partial charge in [-0.25, -0.2) is 4.39 Å². The highest BCUT2D eigenvalue weighted by atomic mass is 19.4. The fourth-order valence-corrected chi connectivity index (χ4v) is 1.29. The van der Waals surface area contributed by atoms with Crippen LogP contribution in [0.2, 0.25) is 0 Å². The van der Waals surface area contributed by atoms with Gasteiger partial charge in [-0.3, -0.25) is 15.5 Å². The lowest BCUT2D eigenvalue weighted by Gasteiger charge is -2.19. The van der Waals surface area contributed by atoms with E-state index in [1.54, 1.807) is 0 Å². The van der Waals surface area contributed by atoms with Crippen molar-refractivity contribution < 1.29 is 27.2 Å². The van der Waals surface area contributed by atoms with Crippen molar-refractivity contribution in [2.75, 3.05) is 6.61 Å². The van der Waals surface area contributed by atoms with Crippen LogP contribution in [0, 0.1) is 27.3 Å². The summed E-state index contributed by atoms with van der Waals surface area (Å²) in [5.41, 5.74) is 4.11. The molecule has 0 bridgehead atoms. The molecule has 0 saturated heterocycles. The van der Waals surface area contributed by atoms with Crippen LogP contribution in [-0.4, -0.2) is 23.5 Å². The van der Waals surface area contributed by atoms with Crippen LogP contribution in [0.25, 0.3) is 0 Å². The van der Waals surface area contributed by atoms with Crippen molar-refractivity contribution >= 4 is 11.5 Å². The molecule has 0 heterocycles. The van der Waals surface area contributed by atoms with Crippen molar-refractivity contribution in [1.29, 1.82) is 5.41 Å². The first-order chi connectivity index (χ1) is 9.12. The first-order valence-corrected chi connectivity index (χ1v) is 5.10. The molecule has 20 heavy (non-hydrogen) atoms. The SMILES string of the molecule is N=C(N)C(COc1cc(F)ccc1[N+](=O)[O-])C(F)(F)F. The van der Waals surface area contributed by atoms with Gasteiger partial charge in [0.1, 0.15) is 24.2 Å². The predicted molar refractivity (Wildman–Crippen MR) is 60.0 cm³/mol. The molecule has 1 aromatic carbocycles. The number of hydrogen-bond donors (Lipinski definition) is 2. The summed E-state index contributed by atoms with van der Waals surface area (Å²) in [5.74, 6) is -5.19. The van der Waals surface area contributed by atoms with Gasteiger partial charge in [0.05, 0.1) is 4.92 Å². The van der Waals surface area contributed by atoms with Crippen molar-refractivity contribution in [2.45, 2.75) is 6.18 Å². The second-order valence-corrected chi connectivity index (χ2v) is 3.73. The number of ether oxygens (including phenoxy) is 1. The molecule has 1 atom stereocenters. The second kappa shape index (κ2) is 5.72. The van der Waals surface area contributed by atoms with E-state index in [9.17, 15) is 27.7 Å². The molecule has 6 nitrogen and oxygen atoms in total. The molecular formula is C10H9F4N3O3. The Morgan fingerprint density at radius 1 is 1.50 bits per heavy atom. The summed E-state index contributed by atoms with van der Waals surface area (Å²) >= 11 is 0. The molecule has 10 heteroatoms. The van der Waals surface area contributed by atoms with Crippen LogP contribution in [0.3, 0.4) is 0 Å². The maximum atomic E-state index is 12.9. The van der Waals surface area contributed by atoms with Crippen LogP contribution in [-0.2, 0) is 0 Å². The zero-order valence-corrected chi connectivity index (χ0v) is 9.78. The predicted octanol–water partition coefficient (Wildman–Crippen LogP) is 2.23. The largest absolute Gasteiger partial charge is 0.486 e. The number of rotatable bonds is 5. The quantitative estimate of drug-likeness (QED) is 0.286. The number of halogens is 4. The van der Waals surface area contributed by atoms with Gasteiger partial charge in [-0.1, -0.05) is 0 Å². The van der Waals surface area contributed by atoms with Gasteiger partial charge < -0.3 is 10.5 Å². The zero-order chi connectivity index (χ0) is 15.5. The average Bonchev–Trinajstić information content (AvgIpc) is 2.26. The minimum atomic E-state index is -4.84. The van der Waals surface area contributed by atoms with Gasteiger partial charge in [0.2, 0.25) is 0 Å². The maximum Gasteiger partial charge on any atom is 0.401 e. The Labute approximate surface area is 109 Å². The minimum absolute atomic E-state index is 0.589. The third kappa shape index (κ3) is 3.80. The molecule has 1 aromatic rings. The molecule has 0 aliphatic rings. The molecular weight excluding hydrogens is 286 g/mol. The van der Waals surface area contributed by atoms with Gasteiger partial charge in [0.25, 0.3) is 0 Å². The number of nitrogens with one attached hydrogen (secondary N) is 1. The van der Waals surface area contributed by atoms with Crippen molar-refractivity contribution in [3.8, 4) is 5.75 Å². The molecule has 3 N–H and O–H groups in total. The van der Waals surface area contributed by atoms with E-state index in [0.717, 1.165) is 12.1 Å². The highest BCUT2D eigenvalue weighted by Gasteiger charge is 2.42. The number of alkyl halides is 3. The number of hydrogen-bond acceptors (Lipinski definition) is 4. The lowest BCUT2D eigenvalue weighted by Crippen LogP contribution is -2.39. The topological polar surface area (TPSA) is 102 Å². The molecule has 0 aromatic heterocycles. The van der Waals surface area contributed by atoms with Gasteiger partial charge in [0, 0.05) is 12.1 Å². The number of nitrogens with zero attached hydrogens (tertiary/aromatic N) is 1. The Morgan fingerprint density at radius 3 is 2.55 bits per heavy atom. The lowest BCUT2D eigenvalue weighted by atomic mass is 10.1. The van der Waals surface area contributed by atoms with E-state index >= 15 is 0 Å². The second-order valence-electron chi connectivity index (χ2n) is 3.73. The van der Waals surface area contributed by atoms with E-state index in [1.807, 2.05) is 0 Å². The van der Waals surface area contributed by atoms with E-state index in [1.165, 1.54) is 0 Å². The monoisotopic (exact) mass is 295 g/mol. The van der Waals surface area contributed by atoms with Gasteiger partial charge in [-0.05, 0) is 6.07 Å². The Hall–Kier alpha value is -2.39. The van der Waals surface area contributed by atoms with Crippen LogP contribution >= 0.6 is 0 Å². The summed E-state index contributed by atoms with van der Waals surface area (Å²) in [6, 6.07) is 2.13. The molecule has 1 rings (SSSR count). The Morgan fingerprint density at radius 2 is 2.10 bits per heavy atom. The fraction of sp³-hybridized carbons (Fsp3) is 0.300. The summed E-state index contributed by atoms with van der Waals surface area (Å²) in [6.07, 6.45) is -4.84. The molecule has 0 aliphatic heterocycles. The minimum Gasteiger partial charge on any atom is -0.486 e. The molecule has 110 valence electrons. The van der Waals surface area contributed by atoms with E-state index in [4.69, 9.17) is 11.1 Å². The molecule has 0 aliphatic carbocycles. The Bertz CT molecular complexity index is 533.